The number of amides is 1. The van der Waals surface area contributed by atoms with E-state index >= 15 is 0 Å². The highest BCUT2D eigenvalue weighted by Gasteiger charge is 2.54. The number of likely N-dealkylation sites (tertiary alicyclic amines) is 1. The molecule has 0 spiro atoms. The van der Waals surface area contributed by atoms with Crippen molar-refractivity contribution in [3.8, 4) is 0 Å². The number of β-amino-alcohol motifs (C(OH)–C–C–N with tert-alkyl or cyclic N) is 1. The van der Waals surface area contributed by atoms with Gasteiger partial charge in [0.15, 0.2) is 0 Å². The van der Waals surface area contributed by atoms with E-state index in [4.69, 9.17) is 0 Å². The van der Waals surface area contributed by atoms with Gasteiger partial charge in [0.25, 0.3) is 0 Å². The first kappa shape index (κ1) is 17.2. The summed E-state index contributed by atoms with van der Waals surface area (Å²) in [5.41, 5.74) is 0.140. The van der Waals surface area contributed by atoms with Crippen molar-refractivity contribution in [1.29, 1.82) is 0 Å². The van der Waals surface area contributed by atoms with Crippen LogP contribution in [0, 0.1) is 0 Å². The first-order valence-corrected chi connectivity index (χ1v) is 9.44. The minimum absolute atomic E-state index is 0.137. The van der Waals surface area contributed by atoms with E-state index in [0.29, 0.717) is 18.7 Å². The van der Waals surface area contributed by atoms with Crippen LogP contribution in [0.2, 0.25) is 0 Å². The topological polar surface area (TPSA) is 71.2 Å². The van der Waals surface area contributed by atoms with Crippen molar-refractivity contribution in [1.82, 2.24) is 19.9 Å². The Balaban J connectivity index is 1.56. The molecule has 1 amide bonds. The molecular formula is C20H26N4O2. The molecule has 1 aromatic carbocycles. The maximum atomic E-state index is 13.3. The molecule has 1 saturated heterocycles. The number of hydrogen-bond donors (Lipinski definition) is 1. The van der Waals surface area contributed by atoms with Gasteiger partial charge in [-0.2, -0.15) is 0 Å². The quantitative estimate of drug-likeness (QED) is 0.915. The zero-order valence-electron chi connectivity index (χ0n) is 15.4. The van der Waals surface area contributed by atoms with E-state index in [0.717, 1.165) is 24.8 Å². The zero-order chi connectivity index (χ0) is 18.4. The third-order valence-corrected chi connectivity index (χ3v) is 5.76. The maximum absolute atomic E-state index is 13.3. The molecule has 2 heterocycles. The van der Waals surface area contributed by atoms with Gasteiger partial charge >= 0.3 is 0 Å². The van der Waals surface area contributed by atoms with Gasteiger partial charge in [-0.1, -0.05) is 35.5 Å². The van der Waals surface area contributed by atoms with E-state index in [1.165, 1.54) is 0 Å². The monoisotopic (exact) mass is 354 g/mol. The summed E-state index contributed by atoms with van der Waals surface area (Å²) in [4.78, 5) is 15.1. The number of hydrogen-bond acceptors (Lipinski definition) is 4. The molecule has 1 aliphatic carbocycles. The van der Waals surface area contributed by atoms with Crippen molar-refractivity contribution < 1.29 is 9.90 Å². The van der Waals surface area contributed by atoms with Crippen LogP contribution in [0.3, 0.4) is 0 Å². The molecule has 4 rings (SSSR count). The molecular weight excluding hydrogens is 328 g/mol. The van der Waals surface area contributed by atoms with Crippen LogP contribution >= 0.6 is 0 Å². The highest BCUT2D eigenvalue weighted by molar-refractivity contribution is 5.91. The van der Waals surface area contributed by atoms with E-state index in [1.54, 1.807) is 4.68 Å². The largest absolute Gasteiger partial charge is 0.382 e. The lowest BCUT2D eigenvalue weighted by Gasteiger charge is -2.39. The lowest BCUT2D eigenvalue weighted by molar-refractivity contribution is -0.141. The lowest BCUT2D eigenvalue weighted by atomic mass is 9.87. The van der Waals surface area contributed by atoms with Gasteiger partial charge < -0.3 is 10.0 Å². The molecule has 26 heavy (non-hydrogen) atoms. The molecule has 1 atom stereocenters. The van der Waals surface area contributed by atoms with E-state index in [-0.39, 0.29) is 18.5 Å². The van der Waals surface area contributed by atoms with Crippen LogP contribution in [0.5, 0.6) is 0 Å². The molecule has 2 aliphatic rings. The summed E-state index contributed by atoms with van der Waals surface area (Å²) >= 11 is 0. The average molecular weight is 354 g/mol. The fourth-order valence-electron chi connectivity index (χ4n) is 3.97. The Labute approximate surface area is 153 Å². The van der Waals surface area contributed by atoms with Crippen molar-refractivity contribution in [2.24, 2.45) is 0 Å². The van der Waals surface area contributed by atoms with Gasteiger partial charge in [0, 0.05) is 12.6 Å². The van der Waals surface area contributed by atoms with Gasteiger partial charge in [-0.05, 0) is 45.1 Å². The van der Waals surface area contributed by atoms with Crippen molar-refractivity contribution >= 4 is 5.91 Å². The Morgan fingerprint density at radius 2 is 1.92 bits per heavy atom. The van der Waals surface area contributed by atoms with E-state index < -0.39 is 11.0 Å². The third-order valence-electron chi connectivity index (χ3n) is 5.76. The van der Waals surface area contributed by atoms with Crippen molar-refractivity contribution in [2.75, 3.05) is 13.1 Å². The Morgan fingerprint density at radius 1 is 1.19 bits per heavy atom. The summed E-state index contributed by atoms with van der Waals surface area (Å²) in [7, 11) is 0. The molecule has 1 aliphatic heterocycles. The van der Waals surface area contributed by atoms with E-state index in [1.807, 2.05) is 55.3 Å². The molecule has 2 fully saturated rings. The summed E-state index contributed by atoms with van der Waals surface area (Å²) in [5, 5.41) is 19.5. The van der Waals surface area contributed by atoms with Crippen LogP contribution in [0.1, 0.15) is 56.8 Å². The van der Waals surface area contributed by atoms with Crippen LogP contribution in [0.4, 0.5) is 0 Å². The van der Waals surface area contributed by atoms with Crippen LogP contribution in [-0.2, 0) is 15.8 Å². The number of carbonyl (C=O) groups is 1. The summed E-state index contributed by atoms with van der Waals surface area (Å²) in [6.45, 7) is 5.02. The second-order valence-corrected chi connectivity index (χ2v) is 7.99. The number of benzene rings is 1. The summed E-state index contributed by atoms with van der Waals surface area (Å²) < 4.78 is 1.75. The number of aromatic nitrogens is 3. The Morgan fingerprint density at radius 3 is 2.54 bits per heavy atom. The van der Waals surface area contributed by atoms with Crippen LogP contribution < -0.4 is 0 Å². The Kier molecular flexibility index (Phi) is 4.10. The zero-order valence-corrected chi connectivity index (χ0v) is 15.4. The Bertz CT molecular complexity index is 797. The third kappa shape index (κ3) is 2.82. The summed E-state index contributed by atoms with van der Waals surface area (Å²) in [5.74, 6) is 0.137. The maximum Gasteiger partial charge on any atom is 0.233 e. The smallest absolute Gasteiger partial charge is 0.233 e. The van der Waals surface area contributed by atoms with Crippen LogP contribution in [0.25, 0.3) is 0 Å². The minimum Gasteiger partial charge on any atom is -0.382 e. The second kappa shape index (κ2) is 6.20. The molecule has 6 nitrogen and oxygen atoms in total. The number of piperidine rings is 1. The number of aliphatic hydroxyl groups is 1. The average Bonchev–Trinajstić information content (AvgIpc) is 3.29. The fourth-order valence-corrected chi connectivity index (χ4v) is 3.97. The van der Waals surface area contributed by atoms with Crippen molar-refractivity contribution in [3.63, 3.8) is 0 Å². The second-order valence-electron chi connectivity index (χ2n) is 7.99. The molecule has 6 heteroatoms. The fraction of sp³-hybridized carbons (Fsp3) is 0.550. The van der Waals surface area contributed by atoms with Gasteiger partial charge in [-0.3, -0.25) is 4.79 Å². The highest BCUT2D eigenvalue weighted by Crippen LogP contribution is 2.50. The van der Waals surface area contributed by atoms with Gasteiger partial charge in [-0.15, -0.1) is 5.10 Å². The SMILES string of the molecule is CC(C)n1cc([C@@]2(O)CCCN(C(=O)C3(c4ccccc4)CC3)C2)nn1. The Hall–Kier alpha value is -2.21. The van der Waals surface area contributed by atoms with Gasteiger partial charge in [0.2, 0.25) is 5.91 Å². The molecule has 1 aromatic heterocycles. The van der Waals surface area contributed by atoms with Crippen molar-refractivity contribution in [2.45, 2.75) is 56.6 Å². The molecule has 1 saturated carbocycles. The van der Waals surface area contributed by atoms with Gasteiger partial charge in [0.1, 0.15) is 11.3 Å². The molecule has 2 aromatic rings. The first-order chi connectivity index (χ1) is 12.4. The van der Waals surface area contributed by atoms with Gasteiger partial charge in [0.05, 0.1) is 18.2 Å². The van der Waals surface area contributed by atoms with Gasteiger partial charge in [-0.25, -0.2) is 4.68 Å². The number of rotatable bonds is 4. The lowest BCUT2D eigenvalue weighted by Crippen LogP contribution is -2.51. The predicted octanol–water partition coefficient (Wildman–Crippen LogP) is 2.40. The van der Waals surface area contributed by atoms with E-state index in [2.05, 4.69) is 10.3 Å². The molecule has 1 N–H and O–H groups in total. The first-order valence-electron chi connectivity index (χ1n) is 9.44. The molecule has 0 radical (unpaired) electrons. The summed E-state index contributed by atoms with van der Waals surface area (Å²) in [6.07, 6.45) is 4.94. The van der Waals surface area contributed by atoms with Crippen LogP contribution in [0.15, 0.2) is 36.5 Å². The molecule has 0 bridgehead atoms. The van der Waals surface area contributed by atoms with E-state index in [9.17, 15) is 9.90 Å². The highest BCUT2D eigenvalue weighted by atomic mass is 16.3. The normalized spacial score (nSPS) is 24.7. The minimum atomic E-state index is -1.12. The summed E-state index contributed by atoms with van der Waals surface area (Å²) in [6, 6.07) is 10.2. The predicted molar refractivity (Wildman–Crippen MR) is 97.5 cm³/mol. The van der Waals surface area contributed by atoms with Crippen molar-refractivity contribution in [3.05, 3.63) is 47.8 Å². The number of nitrogens with zero attached hydrogens (tertiary/aromatic N) is 4. The number of carbonyl (C=O) groups excluding carboxylic acids is 1. The molecule has 138 valence electrons. The standard InChI is InChI=1S/C20H26N4O2/c1-15(2)24-13-17(21-22-24)20(26)9-6-12-23(14-20)18(25)19(10-11-19)16-7-4-3-5-8-16/h3-5,7-8,13,15,26H,6,9-12,14H2,1-2H3/t20-/m1/s1. The molecule has 0 unspecified atom stereocenters. The van der Waals surface area contributed by atoms with Crippen LogP contribution in [-0.4, -0.2) is 44.0 Å².